The van der Waals surface area contributed by atoms with Gasteiger partial charge in [-0.05, 0) is 23.2 Å². The molecule has 0 amide bonds. The summed E-state index contributed by atoms with van der Waals surface area (Å²) >= 11 is 5.33. The van der Waals surface area contributed by atoms with Crippen molar-refractivity contribution in [3.8, 4) is 5.69 Å². The molecule has 2 rings (SSSR count). The maximum Gasteiger partial charge on any atom is 0.349 e. The third-order valence-corrected chi connectivity index (χ3v) is 2.40. The summed E-state index contributed by atoms with van der Waals surface area (Å²) < 4.78 is 1.01. The zero-order valence-electron chi connectivity index (χ0n) is 9.09. The molecule has 0 aliphatic carbocycles. The number of hydrogen-bond acceptors (Lipinski definition) is 4. The summed E-state index contributed by atoms with van der Waals surface area (Å²) in [6.07, 6.45) is 0.964. The summed E-state index contributed by atoms with van der Waals surface area (Å²) in [5.74, 6) is 0. The minimum Gasteiger partial charge on any atom is -0.281 e. The minimum atomic E-state index is -0.669. The standard InChI is InChI=1S/C11H8ClN3O3/c12-9(16)5-7-3-1-2-4-8(7)15-11(18)14-10(17)6-13-15/h1-4,6H,5H2,(H,14,17,18). The van der Waals surface area contributed by atoms with Crippen LogP contribution in [0.25, 0.3) is 5.69 Å². The van der Waals surface area contributed by atoms with Crippen molar-refractivity contribution in [1.82, 2.24) is 14.8 Å². The number of aromatic nitrogens is 3. The van der Waals surface area contributed by atoms with Crippen molar-refractivity contribution in [3.63, 3.8) is 0 Å². The van der Waals surface area contributed by atoms with Crippen molar-refractivity contribution in [2.45, 2.75) is 6.42 Å². The van der Waals surface area contributed by atoms with Gasteiger partial charge < -0.3 is 0 Å². The van der Waals surface area contributed by atoms with E-state index in [4.69, 9.17) is 11.6 Å². The molecular weight excluding hydrogens is 258 g/mol. The van der Waals surface area contributed by atoms with Gasteiger partial charge >= 0.3 is 5.69 Å². The van der Waals surface area contributed by atoms with Crippen LogP contribution in [0.5, 0.6) is 0 Å². The Balaban J connectivity index is 2.60. The lowest BCUT2D eigenvalue weighted by Gasteiger charge is -2.07. The highest BCUT2D eigenvalue weighted by atomic mass is 35.5. The number of aromatic amines is 1. The normalized spacial score (nSPS) is 10.3. The van der Waals surface area contributed by atoms with Crippen molar-refractivity contribution in [2.24, 2.45) is 0 Å². The van der Waals surface area contributed by atoms with Crippen molar-refractivity contribution in [1.29, 1.82) is 0 Å². The van der Waals surface area contributed by atoms with Crippen LogP contribution in [0.1, 0.15) is 5.56 Å². The third kappa shape index (κ3) is 2.54. The molecule has 1 heterocycles. The molecule has 92 valence electrons. The number of carbonyl (C=O) groups excluding carboxylic acids is 1. The number of hydrogen-bond donors (Lipinski definition) is 1. The van der Waals surface area contributed by atoms with Crippen LogP contribution in [-0.2, 0) is 11.2 Å². The van der Waals surface area contributed by atoms with E-state index < -0.39 is 16.5 Å². The number of para-hydroxylation sites is 1. The first-order chi connectivity index (χ1) is 8.58. The van der Waals surface area contributed by atoms with E-state index in [1.54, 1.807) is 24.3 Å². The second kappa shape index (κ2) is 4.97. The molecule has 2 aromatic rings. The van der Waals surface area contributed by atoms with Gasteiger partial charge in [-0.2, -0.15) is 9.78 Å². The van der Waals surface area contributed by atoms with E-state index in [2.05, 4.69) is 10.1 Å². The van der Waals surface area contributed by atoms with Crippen LogP contribution in [0.3, 0.4) is 0 Å². The molecule has 18 heavy (non-hydrogen) atoms. The van der Waals surface area contributed by atoms with Crippen LogP contribution in [-0.4, -0.2) is 20.0 Å². The van der Waals surface area contributed by atoms with Crippen LogP contribution in [0, 0.1) is 0 Å². The molecule has 6 nitrogen and oxygen atoms in total. The Morgan fingerprint density at radius 2 is 2.06 bits per heavy atom. The van der Waals surface area contributed by atoms with Gasteiger partial charge in [0, 0.05) is 6.42 Å². The van der Waals surface area contributed by atoms with E-state index in [0.29, 0.717) is 11.3 Å². The van der Waals surface area contributed by atoms with Crippen molar-refractivity contribution in [2.75, 3.05) is 0 Å². The maximum atomic E-state index is 11.6. The fourth-order valence-electron chi connectivity index (χ4n) is 1.54. The quantitative estimate of drug-likeness (QED) is 0.805. The van der Waals surface area contributed by atoms with E-state index in [9.17, 15) is 14.4 Å². The Bertz CT molecular complexity index is 705. The molecule has 0 saturated carbocycles. The SMILES string of the molecule is O=C(Cl)Cc1ccccc1-n1ncc(=O)[nH]c1=O. The van der Waals surface area contributed by atoms with Gasteiger partial charge in [-0.25, -0.2) is 4.79 Å². The molecule has 1 N–H and O–H groups in total. The smallest absolute Gasteiger partial charge is 0.281 e. The molecule has 0 atom stereocenters. The Labute approximate surface area is 106 Å². The van der Waals surface area contributed by atoms with Gasteiger partial charge in [-0.1, -0.05) is 18.2 Å². The Hall–Kier alpha value is -2.21. The van der Waals surface area contributed by atoms with E-state index in [1.165, 1.54) is 0 Å². The fraction of sp³-hybridized carbons (Fsp3) is 0.0909. The average molecular weight is 266 g/mol. The van der Waals surface area contributed by atoms with Crippen LogP contribution in [0.2, 0.25) is 0 Å². The zero-order chi connectivity index (χ0) is 13.1. The highest BCUT2D eigenvalue weighted by Crippen LogP contribution is 2.12. The van der Waals surface area contributed by atoms with Gasteiger partial charge in [0.1, 0.15) is 6.20 Å². The Kier molecular flexibility index (Phi) is 3.38. The van der Waals surface area contributed by atoms with E-state index in [1.807, 2.05) is 0 Å². The molecule has 0 bridgehead atoms. The second-order valence-corrected chi connectivity index (χ2v) is 3.93. The fourth-order valence-corrected chi connectivity index (χ4v) is 1.69. The predicted molar refractivity (Wildman–Crippen MR) is 65.0 cm³/mol. The summed E-state index contributed by atoms with van der Waals surface area (Å²) in [6, 6.07) is 6.68. The van der Waals surface area contributed by atoms with E-state index in [-0.39, 0.29) is 6.42 Å². The molecule has 0 spiro atoms. The molecule has 0 aliphatic heterocycles. The highest BCUT2D eigenvalue weighted by Gasteiger charge is 2.09. The zero-order valence-corrected chi connectivity index (χ0v) is 9.85. The molecule has 0 fully saturated rings. The van der Waals surface area contributed by atoms with Gasteiger partial charge in [0.25, 0.3) is 5.56 Å². The number of benzene rings is 1. The highest BCUT2D eigenvalue weighted by molar-refractivity contribution is 6.63. The summed E-state index contributed by atoms with van der Waals surface area (Å²) in [6.45, 7) is 0. The number of carbonyl (C=O) groups is 1. The topological polar surface area (TPSA) is 84.8 Å². The van der Waals surface area contributed by atoms with Crippen LogP contribution < -0.4 is 11.2 Å². The van der Waals surface area contributed by atoms with Crippen molar-refractivity contribution in [3.05, 3.63) is 56.9 Å². The summed E-state index contributed by atoms with van der Waals surface area (Å²) in [4.78, 5) is 35.6. The molecule has 7 heteroatoms. The first-order valence-corrected chi connectivity index (χ1v) is 5.41. The van der Waals surface area contributed by atoms with Gasteiger partial charge in [-0.3, -0.25) is 14.6 Å². The van der Waals surface area contributed by atoms with Crippen LogP contribution >= 0.6 is 11.6 Å². The predicted octanol–water partition coefficient (Wildman–Crippen LogP) is 0.229. The molecule has 0 unspecified atom stereocenters. The first kappa shape index (κ1) is 12.3. The lowest BCUT2D eigenvalue weighted by atomic mass is 10.1. The first-order valence-electron chi connectivity index (χ1n) is 5.03. The summed E-state index contributed by atoms with van der Waals surface area (Å²) in [5, 5.41) is 3.18. The lowest BCUT2D eigenvalue weighted by molar-refractivity contribution is -0.111. The summed E-state index contributed by atoms with van der Waals surface area (Å²) in [7, 11) is 0. The summed E-state index contributed by atoms with van der Waals surface area (Å²) in [5.41, 5.74) is -0.286. The lowest BCUT2D eigenvalue weighted by Crippen LogP contribution is -2.30. The third-order valence-electron chi connectivity index (χ3n) is 2.26. The number of rotatable bonds is 3. The van der Waals surface area contributed by atoms with Crippen LogP contribution in [0.4, 0.5) is 0 Å². The Morgan fingerprint density at radius 3 is 2.72 bits per heavy atom. The monoisotopic (exact) mass is 265 g/mol. The average Bonchev–Trinajstić information content (AvgIpc) is 2.30. The maximum absolute atomic E-state index is 11.6. The second-order valence-electron chi connectivity index (χ2n) is 3.51. The molecular formula is C11H8ClN3O3. The van der Waals surface area contributed by atoms with Crippen molar-refractivity contribution < 1.29 is 4.79 Å². The number of H-pyrrole nitrogens is 1. The molecule has 0 aliphatic rings. The molecule has 0 saturated heterocycles. The van der Waals surface area contributed by atoms with Gasteiger partial charge in [-0.15, -0.1) is 0 Å². The van der Waals surface area contributed by atoms with Gasteiger partial charge in [0.05, 0.1) is 5.69 Å². The minimum absolute atomic E-state index is 0.0228. The Morgan fingerprint density at radius 1 is 1.33 bits per heavy atom. The van der Waals surface area contributed by atoms with Gasteiger partial charge in [0.15, 0.2) is 0 Å². The number of nitrogens with zero attached hydrogens (tertiary/aromatic N) is 2. The number of nitrogens with one attached hydrogen (secondary N) is 1. The van der Waals surface area contributed by atoms with E-state index >= 15 is 0 Å². The van der Waals surface area contributed by atoms with Crippen LogP contribution in [0.15, 0.2) is 40.1 Å². The van der Waals surface area contributed by atoms with E-state index in [0.717, 1.165) is 10.9 Å². The number of halogens is 1. The van der Waals surface area contributed by atoms with Crippen molar-refractivity contribution >= 4 is 16.8 Å². The largest absolute Gasteiger partial charge is 0.349 e. The van der Waals surface area contributed by atoms with Gasteiger partial charge in [0.2, 0.25) is 5.24 Å². The molecule has 1 aromatic heterocycles. The molecule has 0 radical (unpaired) electrons. The molecule has 1 aromatic carbocycles.